The first kappa shape index (κ1) is 26.8. The number of aromatic hydroxyl groups is 1. The minimum atomic E-state index is -1.11. The van der Waals surface area contributed by atoms with E-state index in [4.69, 9.17) is 25.5 Å². The fourth-order valence-electron chi connectivity index (χ4n) is 0.654. The van der Waals surface area contributed by atoms with Gasteiger partial charge in [-0.3, -0.25) is 0 Å². The Hall–Kier alpha value is -1.67. The van der Waals surface area contributed by atoms with E-state index in [9.17, 15) is 4.79 Å². The number of aliphatic hydroxyl groups is 3. The Labute approximate surface area is 119 Å². The van der Waals surface area contributed by atoms with Crippen LogP contribution in [0.5, 0.6) is 5.75 Å². The lowest BCUT2D eigenvalue weighted by atomic mass is 10.2. The zero-order valence-corrected chi connectivity index (χ0v) is 12.3. The van der Waals surface area contributed by atoms with Crippen molar-refractivity contribution in [1.82, 2.24) is 6.15 Å². The average molecular weight is 293 g/mol. The molecule has 1 aromatic carbocycles. The van der Waals surface area contributed by atoms with E-state index in [0.717, 1.165) is 0 Å². The van der Waals surface area contributed by atoms with Gasteiger partial charge in [0.25, 0.3) is 0 Å². The Morgan fingerprint density at radius 2 is 1.25 bits per heavy atom. The lowest BCUT2D eigenvalue weighted by Gasteiger charge is -1.95. The third kappa shape index (κ3) is 21.6. The van der Waals surface area contributed by atoms with Crippen molar-refractivity contribution >= 4 is 5.97 Å². The van der Waals surface area contributed by atoms with Crippen LogP contribution < -0.4 is 6.15 Å². The van der Waals surface area contributed by atoms with E-state index in [-0.39, 0.29) is 37.3 Å². The first-order chi connectivity index (χ1) is 8.96. The van der Waals surface area contributed by atoms with Crippen molar-refractivity contribution in [2.45, 2.75) is 20.8 Å². The SMILES string of the molecule is CCO.CCO.CCO.N.O=C(O)c1ccccc1O. The number of phenols is 1. The molecule has 0 radical (unpaired) electrons. The second-order valence-electron chi connectivity index (χ2n) is 2.77. The minimum Gasteiger partial charge on any atom is -0.507 e. The Balaban J connectivity index is -0.000000108. The lowest BCUT2D eigenvalue weighted by molar-refractivity contribution is 0.0693. The van der Waals surface area contributed by atoms with Crippen LogP contribution in [-0.4, -0.2) is 51.3 Å². The Morgan fingerprint density at radius 1 is 0.950 bits per heavy atom. The van der Waals surface area contributed by atoms with Gasteiger partial charge in [-0.2, -0.15) is 0 Å². The number of hydrogen-bond donors (Lipinski definition) is 6. The molecule has 0 aliphatic rings. The summed E-state index contributed by atoms with van der Waals surface area (Å²) in [4.78, 5) is 10.3. The molecule has 0 spiro atoms. The molecular formula is C13H27NO6. The Kier molecular flexibility index (Phi) is 30.2. The summed E-state index contributed by atoms with van der Waals surface area (Å²) < 4.78 is 0. The van der Waals surface area contributed by atoms with Gasteiger partial charge in [-0.15, -0.1) is 0 Å². The van der Waals surface area contributed by atoms with Crippen LogP contribution in [0.1, 0.15) is 31.1 Å². The standard InChI is InChI=1S/C7H6O3.3C2H6O.H3N/c8-6-4-2-1-3-5(6)7(9)10;3*1-2-3;/h1-4,8H,(H,9,10);3*3H,2H2,1H3;1H3. The van der Waals surface area contributed by atoms with Gasteiger partial charge in [0.1, 0.15) is 11.3 Å². The van der Waals surface area contributed by atoms with E-state index in [0.29, 0.717) is 0 Å². The van der Waals surface area contributed by atoms with Crippen molar-refractivity contribution in [2.75, 3.05) is 19.8 Å². The molecule has 0 aliphatic heterocycles. The summed E-state index contributed by atoms with van der Waals surface area (Å²) in [5.74, 6) is -1.31. The number of aromatic carboxylic acids is 1. The predicted octanol–water partition coefficient (Wildman–Crippen LogP) is 1.25. The number of aliphatic hydroxyl groups excluding tert-OH is 3. The van der Waals surface area contributed by atoms with E-state index in [2.05, 4.69) is 0 Å². The van der Waals surface area contributed by atoms with Gasteiger partial charge in [-0.25, -0.2) is 4.79 Å². The van der Waals surface area contributed by atoms with Crippen molar-refractivity contribution in [1.29, 1.82) is 0 Å². The van der Waals surface area contributed by atoms with Crippen molar-refractivity contribution in [3.63, 3.8) is 0 Å². The van der Waals surface area contributed by atoms with Crippen LogP contribution in [0.15, 0.2) is 24.3 Å². The topological polar surface area (TPSA) is 153 Å². The quantitative estimate of drug-likeness (QED) is 0.455. The molecule has 120 valence electrons. The van der Waals surface area contributed by atoms with E-state index in [1.807, 2.05) is 0 Å². The highest BCUT2D eigenvalue weighted by atomic mass is 16.4. The van der Waals surface area contributed by atoms with Crippen molar-refractivity contribution in [2.24, 2.45) is 0 Å². The summed E-state index contributed by atoms with van der Waals surface area (Å²) in [5.41, 5.74) is -0.0671. The predicted molar refractivity (Wildman–Crippen MR) is 78.4 cm³/mol. The second kappa shape index (κ2) is 22.5. The number of benzene rings is 1. The first-order valence-electron chi connectivity index (χ1n) is 5.80. The largest absolute Gasteiger partial charge is 0.507 e. The lowest BCUT2D eigenvalue weighted by Crippen LogP contribution is -1.95. The zero-order chi connectivity index (χ0) is 15.7. The summed E-state index contributed by atoms with van der Waals surface area (Å²) in [6.07, 6.45) is 0. The maximum atomic E-state index is 10.3. The van der Waals surface area contributed by atoms with Crippen molar-refractivity contribution < 1.29 is 30.3 Å². The molecule has 0 amide bonds. The summed E-state index contributed by atoms with van der Waals surface area (Å²) in [7, 11) is 0. The molecular weight excluding hydrogens is 266 g/mol. The molecule has 7 heteroatoms. The second-order valence-corrected chi connectivity index (χ2v) is 2.77. The molecule has 0 bridgehead atoms. The van der Waals surface area contributed by atoms with Gasteiger partial charge < -0.3 is 31.7 Å². The summed E-state index contributed by atoms with van der Waals surface area (Å²) in [6, 6.07) is 5.81. The van der Waals surface area contributed by atoms with Crippen LogP contribution in [0, 0.1) is 0 Å². The molecule has 1 rings (SSSR count). The van der Waals surface area contributed by atoms with Crippen LogP contribution >= 0.6 is 0 Å². The number of carboxylic acid groups (broad SMARTS) is 1. The van der Waals surface area contributed by atoms with Gasteiger partial charge in [0, 0.05) is 19.8 Å². The molecule has 0 aromatic heterocycles. The smallest absolute Gasteiger partial charge is 0.339 e. The Morgan fingerprint density at radius 3 is 1.45 bits per heavy atom. The summed E-state index contributed by atoms with van der Waals surface area (Å²) in [6.45, 7) is 5.79. The number of carboxylic acids is 1. The number of para-hydroxylation sites is 1. The summed E-state index contributed by atoms with van der Waals surface area (Å²) in [5, 5.41) is 40.0. The van der Waals surface area contributed by atoms with Crippen molar-refractivity contribution in [3.05, 3.63) is 29.8 Å². The van der Waals surface area contributed by atoms with E-state index in [1.165, 1.54) is 12.1 Å². The van der Waals surface area contributed by atoms with Crippen LogP contribution in [0.2, 0.25) is 0 Å². The third-order valence-corrected chi connectivity index (χ3v) is 1.13. The van der Waals surface area contributed by atoms with E-state index in [1.54, 1.807) is 32.9 Å². The van der Waals surface area contributed by atoms with Gasteiger partial charge in [0.15, 0.2) is 0 Å². The molecule has 20 heavy (non-hydrogen) atoms. The van der Waals surface area contributed by atoms with Crippen LogP contribution in [0.4, 0.5) is 0 Å². The van der Waals surface area contributed by atoms with Crippen LogP contribution in [0.25, 0.3) is 0 Å². The van der Waals surface area contributed by atoms with Gasteiger partial charge in [-0.05, 0) is 32.9 Å². The van der Waals surface area contributed by atoms with Gasteiger partial charge in [0.05, 0.1) is 0 Å². The van der Waals surface area contributed by atoms with E-state index >= 15 is 0 Å². The highest BCUT2D eigenvalue weighted by molar-refractivity contribution is 5.90. The maximum absolute atomic E-state index is 10.3. The molecule has 0 heterocycles. The number of carbonyl (C=O) groups is 1. The molecule has 8 N–H and O–H groups in total. The van der Waals surface area contributed by atoms with Gasteiger partial charge in [-0.1, -0.05) is 12.1 Å². The number of rotatable bonds is 1. The molecule has 0 fully saturated rings. The van der Waals surface area contributed by atoms with Crippen molar-refractivity contribution in [3.8, 4) is 5.75 Å². The fraction of sp³-hybridized carbons (Fsp3) is 0.462. The number of hydrogen-bond acceptors (Lipinski definition) is 6. The van der Waals surface area contributed by atoms with Gasteiger partial charge in [0.2, 0.25) is 0 Å². The van der Waals surface area contributed by atoms with Gasteiger partial charge >= 0.3 is 5.97 Å². The third-order valence-electron chi connectivity index (χ3n) is 1.13. The molecule has 0 unspecified atom stereocenters. The summed E-state index contributed by atoms with van der Waals surface area (Å²) >= 11 is 0. The van der Waals surface area contributed by atoms with Crippen LogP contribution in [0.3, 0.4) is 0 Å². The molecule has 0 saturated carbocycles. The first-order valence-corrected chi connectivity index (χ1v) is 5.80. The fourth-order valence-corrected chi connectivity index (χ4v) is 0.654. The Bertz CT molecular complexity index is 302. The minimum absolute atomic E-state index is 0. The highest BCUT2D eigenvalue weighted by Gasteiger charge is 2.05. The molecule has 1 aromatic rings. The molecule has 0 aliphatic carbocycles. The average Bonchev–Trinajstić information content (AvgIpc) is 2.32. The zero-order valence-electron chi connectivity index (χ0n) is 12.3. The highest BCUT2D eigenvalue weighted by Crippen LogP contribution is 2.14. The molecule has 0 atom stereocenters. The van der Waals surface area contributed by atoms with E-state index < -0.39 is 5.97 Å². The molecule has 0 saturated heterocycles. The molecule has 7 nitrogen and oxygen atoms in total. The maximum Gasteiger partial charge on any atom is 0.339 e. The van der Waals surface area contributed by atoms with Crippen LogP contribution in [-0.2, 0) is 0 Å². The monoisotopic (exact) mass is 293 g/mol. The normalized spacial score (nSPS) is 7.30.